The number of likely N-dealkylation sites (tertiary alicyclic amines) is 1. The van der Waals surface area contributed by atoms with E-state index in [9.17, 15) is 19.8 Å². The molecule has 3 aromatic rings. The molecule has 0 unspecified atom stereocenters. The lowest BCUT2D eigenvalue weighted by Gasteiger charge is -2.38. The van der Waals surface area contributed by atoms with Gasteiger partial charge < -0.3 is 30.1 Å². The van der Waals surface area contributed by atoms with E-state index >= 15 is 0 Å². The van der Waals surface area contributed by atoms with Crippen molar-refractivity contribution in [1.82, 2.24) is 10.2 Å². The second-order valence-corrected chi connectivity index (χ2v) is 11.0. The van der Waals surface area contributed by atoms with E-state index in [1.54, 1.807) is 0 Å². The molecule has 0 spiro atoms. The lowest BCUT2D eigenvalue weighted by molar-refractivity contribution is -0.252. The van der Waals surface area contributed by atoms with Gasteiger partial charge in [-0.2, -0.15) is 0 Å². The highest BCUT2D eigenvalue weighted by Crippen LogP contribution is 2.39. The van der Waals surface area contributed by atoms with Crippen molar-refractivity contribution >= 4 is 11.9 Å². The lowest BCUT2D eigenvalue weighted by atomic mass is 9.97. The molecular formula is C33H38N2O7. The molecule has 1 amide bonds. The molecule has 0 saturated carbocycles. The molecular weight excluding hydrogens is 536 g/mol. The zero-order chi connectivity index (χ0) is 29.5. The Kier molecular flexibility index (Phi) is 9.99. The first-order chi connectivity index (χ1) is 20.4. The highest BCUT2D eigenvalue weighted by atomic mass is 16.7. The Hall–Kier alpha value is -3.60. The van der Waals surface area contributed by atoms with Gasteiger partial charge in [-0.25, -0.2) is 0 Å². The van der Waals surface area contributed by atoms with Gasteiger partial charge in [-0.05, 0) is 34.2 Å². The summed E-state index contributed by atoms with van der Waals surface area (Å²) in [6, 6.07) is 23.6. The second-order valence-electron chi connectivity index (χ2n) is 11.0. The summed E-state index contributed by atoms with van der Waals surface area (Å²) >= 11 is 0. The van der Waals surface area contributed by atoms with E-state index < -0.39 is 12.3 Å². The quantitative estimate of drug-likeness (QED) is 0.271. The number of nitrogens with zero attached hydrogens (tertiary/aromatic N) is 1. The summed E-state index contributed by atoms with van der Waals surface area (Å²) < 4.78 is 12.9. The molecule has 0 aromatic heterocycles. The van der Waals surface area contributed by atoms with Crippen molar-refractivity contribution in [2.24, 2.45) is 0 Å². The van der Waals surface area contributed by atoms with E-state index in [-0.39, 0.29) is 43.7 Å². The topological polar surface area (TPSA) is 129 Å². The third-order valence-corrected chi connectivity index (χ3v) is 7.88. The standard InChI is InChI=1S/C33H38N2O7/c36-21-22-5-7-24(8-6-22)30-17-28(20-35-16-15-27(37)19-35)41-33(42-30)25-11-9-23(10-12-25)29-4-2-1-3-26(29)18-34-31(38)13-14-32(39)40/h1-12,27-28,30,33,36-37H,13-21H2,(H,34,38)(H,39,40)/t27-,28-,30+,33+/m0/s1. The predicted octanol–water partition coefficient (Wildman–Crippen LogP) is 3.94. The number of carbonyl (C=O) groups excluding carboxylic acids is 1. The Morgan fingerprint density at radius 2 is 1.67 bits per heavy atom. The molecule has 2 aliphatic rings. The number of hydrogen-bond donors (Lipinski definition) is 4. The fourth-order valence-electron chi connectivity index (χ4n) is 5.58. The number of β-amino-alcohol motifs (C(OH)–C–C–N with tert-alkyl or cyclic N) is 1. The number of ether oxygens (including phenoxy) is 2. The summed E-state index contributed by atoms with van der Waals surface area (Å²) in [4.78, 5) is 25.1. The molecule has 42 heavy (non-hydrogen) atoms. The second kappa shape index (κ2) is 14.0. The SMILES string of the molecule is O=C(O)CCC(=O)NCc1ccccc1-c1ccc([C@@H]2O[C@H](CN3CC[C@H](O)C3)C[C@H](c3ccc(CO)cc3)O2)cc1. The normalized spacial score (nSPS) is 22.6. The number of aliphatic hydroxyl groups excluding tert-OH is 2. The monoisotopic (exact) mass is 574 g/mol. The summed E-state index contributed by atoms with van der Waals surface area (Å²) in [5.41, 5.74) is 5.65. The van der Waals surface area contributed by atoms with Crippen LogP contribution in [-0.2, 0) is 32.2 Å². The highest BCUT2D eigenvalue weighted by molar-refractivity contribution is 5.80. The van der Waals surface area contributed by atoms with E-state index in [2.05, 4.69) is 10.2 Å². The number of amides is 1. The van der Waals surface area contributed by atoms with Gasteiger partial charge >= 0.3 is 5.97 Å². The highest BCUT2D eigenvalue weighted by Gasteiger charge is 2.34. The molecule has 2 heterocycles. The van der Waals surface area contributed by atoms with E-state index in [4.69, 9.17) is 14.6 Å². The molecule has 4 N–H and O–H groups in total. The van der Waals surface area contributed by atoms with Gasteiger partial charge in [0.25, 0.3) is 0 Å². The Balaban J connectivity index is 1.31. The van der Waals surface area contributed by atoms with Crippen molar-refractivity contribution in [1.29, 1.82) is 0 Å². The number of aliphatic carboxylic acids is 1. The maximum absolute atomic E-state index is 12.1. The fourth-order valence-corrected chi connectivity index (χ4v) is 5.58. The van der Waals surface area contributed by atoms with Crippen LogP contribution >= 0.6 is 0 Å². The van der Waals surface area contributed by atoms with Crippen LogP contribution in [0.2, 0.25) is 0 Å². The first kappa shape index (κ1) is 29.9. The van der Waals surface area contributed by atoms with Crippen molar-refractivity contribution in [2.45, 2.75) is 63.4 Å². The zero-order valence-electron chi connectivity index (χ0n) is 23.5. The molecule has 9 heteroatoms. The van der Waals surface area contributed by atoms with Crippen LogP contribution in [0.15, 0.2) is 72.8 Å². The van der Waals surface area contributed by atoms with E-state index in [0.717, 1.165) is 46.3 Å². The number of benzene rings is 3. The van der Waals surface area contributed by atoms with Gasteiger partial charge in [-0.15, -0.1) is 0 Å². The van der Waals surface area contributed by atoms with Gasteiger partial charge in [-0.1, -0.05) is 72.8 Å². The van der Waals surface area contributed by atoms with Gasteiger partial charge in [-0.3, -0.25) is 14.5 Å². The predicted molar refractivity (Wildman–Crippen MR) is 156 cm³/mol. The average Bonchev–Trinajstić information content (AvgIpc) is 3.43. The maximum Gasteiger partial charge on any atom is 0.303 e. The maximum atomic E-state index is 12.1. The number of carboxylic acid groups (broad SMARTS) is 1. The molecule has 2 saturated heterocycles. The minimum Gasteiger partial charge on any atom is -0.481 e. The Morgan fingerprint density at radius 3 is 2.36 bits per heavy atom. The molecule has 2 aliphatic heterocycles. The van der Waals surface area contributed by atoms with Crippen LogP contribution in [0.1, 0.15) is 60.3 Å². The van der Waals surface area contributed by atoms with Crippen LogP contribution in [0.4, 0.5) is 0 Å². The lowest BCUT2D eigenvalue weighted by Crippen LogP contribution is -2.38. The smallest absolute Gasteiger partial charge is 0.303 e. The third-order valence-electron chi connectivity index (χ3n) is 7.88. The first-order valence-electron chi connectivity index (χ1n) is 14.5. The number of rotatable bonds is 11. The fraction of sp³-hybridized carbons (Fsp3) is 0.394. The van der Waals surface area contributed by atoms with Gasteiger partial charge in [0, 0.05) is 44.6 Å². The molecule has 0 aliphatic carbocycles. The Morgan fingerprint density at radius 1 is 0.929 bits per heavy atom. The molecule has 2 fully saturated rings. The number of carboxylic acids is 1. The van der Waals surface area contributed by atoms with Crippen LogP contribution in [0, 0.1) is 0 Å². The third kappa shape index (κ3) is 7.81. The summed E-state index contributed by atoms with van der Waals surface area (Å²) in [5.74, 6) is -1.30. The van der Waals surface area contributed by atoms with E-state index in [1.807, 2.05) is 72.8 Å². The van der Waals surface area contributed by atoms with Crippen molar-refractivity contribution in [3.05, 3.63) is 95.1 Å². The van der Waals surface area contributed by atoms with Crippen LogP contribution in [-0.4, -0.2) is 63.9 Å². The van der Waals surface area contributed by atoms with Crippen LogP contribution in [0.25, 0.3) is 11.1 Å². The Labute approximate surface area is 245 Å². The van der Waals surface area contributed by atoms with Crippen LogP contribution in [0.3, 0.4) is 0 Å². The number of carbonyl (C=O) groups is 2. The van der Waals surface area contributed by atoms with Crippen molar-refractivity contribution in [3.63, 3.8) is 0 Å². The van der Waals surface area contributed by atoms with Crippen molar-refractivity contribution in [3.8, 4) is 11.1 Å². The van der Waals surface area contributed by atoms with Crippen LogP contribution in [0.5, 0.6) is 0 Å². The minimum atomic E-state index is -0.997. The zero-order valence-corrected chi connectivity index (χ0v) is 23.5. The molecule has 3 aromatic carbocycles. The molecule has 0 radical (unpaired) electrons. The summed E-state index contributed by atoms with van der Waals surface area (Å²) in [6.07, 6.45) is 0.0716. The number of nitrogens with one attached hydrogen (secondary N) is 1. The summed E-state index contributed by atoms with van der Waals surface area (Å²) in [7, 11) is 0. The van der Waals surface area contributed by atoms with Gasteiger partial charge in [0.05, 0.1) is 31.3 Å². The van der Waals surface area contributed by atoms with Crippen molar-refractivity contribution in [2.75, 3.05) is 19.6 Å². The van der Waals surface area contributed by atoms with Gasteiger partial charge in [0.2, 0.25) is 5.91 Å². The molecule has 9 nitrogen and oxygen atoms in total. The van der Waals surface area contributed by atoms with E-state index in [1.165, 1.54) is 0 Å². The van der Waals surface area contributed by atoms with E-state index in [0.29, 0.717) is 26.1 Å². The molecule has 4 atom stereocenters. The molecule has 0 bridgehead atoms. The van der Waals surface area contributed by atoms with Gasteiger partial charge in [0.1, 0.15) is 0 Å². The Bertz CT molecular complexity index is 1350. The van der Waals surface area contributed by atoms with Crippen LogP contribution < -0.4 is 5.32 Å². The minimum absolute atomic E-state index is 0.00990. The molecule has 222 valence electrons. The van der Waals surface area contributed by atoms with Gasteiger partial charge in [0.15, 0.2) is 6.29 Å². The number of aliphatic hydroxyl groups is 2. The molecule has 5 rings (SSSR count). The largest absolute Gasteiger partial charge is 0.481 e. The number of hydrogen-bond acceptors (Lipinski definition) is 7. The first-order valence-corrected chi connectivity index (χ1v) is 14.5. The summed E-state index contributed by atoms with van der Waals surface area (Å²) in [6.45, 7) is 2.50. The summed E-state index contributed by atoms with van der Waals surface area (Å²) in [5, 5.41) is 31.1. The van der Waals surface area contributed by atoms with Crippen molar-refractivity contribution < 1.29 is 34.4 Å². The average molecular weight is 575 g/mol.